The van der Waals surface area contributed by atoms with Gasteiger partial charge in [0.25, 0.3) is 0 Å². The van der Waals surface area contributed by atoms with E-state index in [0.29, 0.717) is 11.1 Å². The van der Waals surface area contributed by atoms with Crippen LogP contribution in [-0.2, 0) is 0 Å². The molecule has 1 aromatic rings. The van der Waals surface area contributed by atoms with Crippen LogP contribution in [0.3, 0.4) is 0 Å². The van der Waals surface area contributed by atoms with E-state index in [1.165, 1.54) is 23.5 Å². The molecule has 0 radical (unpaired) electrons. The largest absolute Gasteiger partial charge is 0.282 e. The van der Waals surface area contributed by atoms with Crippen LogP contribution in [0.1, 0.15) is 34.6 Å². The van der Waals surface area contributed by atoms with E-state index in [1.54, 1.807) is 24.3 Å². The molecule has 0 saturated heterocycles. The van der Waals surface area contributed by atoms with Crippen LogP contribution in [0, 0.1) is 0 Å². The number of benzene rings is 1. The number of hydrogen-bond acceptors (Lipinski definition) is 4. The molecule has 0 saturated carbocycles. The van der Waals surface area contributed by atoms with Crippen molar-refractivity contribution in [2.45, 2.75) is 13.8 Å². The molecule has 0 atom stereocenters. The first-order chi connectivity index (χ1) is 7.70. The van der Waals surface area contributed by atoms with Crippen molar-refractivity contribution in [3.05, 3.63) is 35.4 Å². The molecule has 1 rings (SSSR count). The molecule has 0 heterocycles. The highest BCUT2D eigenvalue weighted by Crippen LogP contribution is 2.20. The summed E-state index contributed by atoms with van der Waals surface area (Å²) < 4.78 is 0. The third kappa shape index (κ3) is 3.39. The Balaban J connectivity index is 3.00. The fourth-order valence-corrected chi connectivity index (χ4v) is 2.45. The van der Waals surface area contributed by atoms with Gasteiger partial charge in [0.1, 0.15) is 0 Å². The fraction of sp³-hybridized carbons (Fsp3) is 0.333. The summed E-state index contributed by atoms with van der Waals surface area (Å²) in [6.07, 6.45) is 0. The quantitative estimate of drug-likeness (QED) is 0.824. The molecular weight excluding hydrogens is 240 g/mol. The van der Waals surface area contributed by atoms with Gasteiger partial charge in [0.05, 0.1) is 0 Å². The first-order valence-electron chi connectivity index (χ1n) is 5.14. The smallest absolute Gasteiger partial charge is 0.220 e. The Morgan fingerprint density at radius 2 is 1.31 bits per heavy atom. The lowest BCUT2D eigenvalue weighted by atomic mass is 10.1. The number of carbonyl (C=O) groups is 2. The van der Waals surface area contributed by atoms with Gasteiger partial charge < -0.3 is 0 Å². The van der Waals surface area contributed by atoms with Gasteiger partial charge in [0.15, 0.2) is 0 Å². The van der Waals surface area contributed by atoms with Crippen LogP contribution in [0.25, 0.3) is 0 Å². The third-order valence-corrected chi connectivity index (χ3v) is 3.46. The van der Waals surface area contributed by atoms with Crippen LogP contribution in [0.5, 0.6) is 0 Å². The Morgan fingerprint density at radius 1 is 0.938 bits per heavy atom. The molecule has 0 N–H and O–H groups in total. The lowest BCUT2D eigenvalue weighted by Crippen LogP contribution is -2.04. The zero-order valence-electron chi connectivity index (χ0n) is 9.36. The van der Waals surface area contributed by atoms with Crippen LogP contribution < -0.4 is 0 Å². The zero-order valence-corrected chi connectivity index (χ0v) is 11.0. The Morgan fingerprint density at radius 3 is 1.62 bits per heavy atom. The molecule has 0 fully saturated rings. The van der Waals surface area contributed by atoms with E-state index < -0.39 is 0 Å². The van der Waals surface area contributed by atoms with Crippen LogP contribution in [-0.4, -0.2) is 21.7 Å². The molecule has 4 heteroatoms. The van der Waals surface area contributed by atoms with Crippen molar-refractivity contribution in [2.24, 2.45) is 0 Å². The second kappa shape index (κ2) is 6.76. The summed E-state index contributed by atoms with van der Waals surface area (Å²) in [7, 11) is 0. The van der Waals surface area contributed by atoms with E-state index in [-0.39, 0.29) is 10.2 Å². The summed E-state index contributed by atoms with van der Waals surface area (Å²) in [6, 6.07) is 7.01. The van der Waals surface area contributed by atoms with Crippen molar-refractivity contribution in [2.75, 3.05) is 11.5 Å². The topological polar surface area (TPSA) is 34.1 Å². The Kier molecular flexibility index (Phi) is 5.63. The molecule has 0 unspecified atom stereocenters. The molecule has 86 valence electrons. The molecule has 0 amide bonds. The molecule has 0 aliphatic heterocycles. The summed E-state index contributed by atoms with van der Waals surface area (Å²) in [4.78, 5) is 23.6. The van der Waals surface area contributed by atoms with Gasteiger partial charge in [-0.2, -0.15) is 0 Å². The molecule has 0 aromatic heterocycles. The first-order valence-corrected chi connectivity index (χ1v) is 7.11. The molecule has 0 aliphatic rings. The van der Waals surface area contributed by atoms with Crippen LogP contribution in [0.4, 0.5) is 0 Å². The second-order valence-corrected chi connectivity index (χ2v) is 5.46. The van der Waals surface area contributed by atoms with E-state index in [2.05, 4.69) is 0 Å². The van der Waals surface area contributed by atoms with Crippen molar-refractivity contribution < 1.29 is 9.59 Å². The first kappa shape index (κ1) is 13.3. The van der Waals surface area contributed by atoms with Crippen LogP contribution >= 0.6 is 23.5 Å². The Bertz CT molecular complexity index is 351. The molecular formula is C12H14O2S2. The summed E-state index contributed by atoms with van der Waals surface area (Å²) in [5.74, 6) is 1.45. The van der Waals surface area contributed by atoms with Gasteiger partial charge in [-0.05, 0) is 23.6 Å². The molecule has 0 aliphatic carbocycles. The SMILES string of the molecule is CCSC(=O)c1ccccc1C(=O)SCC. The highest BCUT2D eigenvalue weighted by atomic mass is 32.2. The van der Waals surface area contributed by atoms with Crippen molar-refractivity contribution in [1.29, 1.82) is 0 Å². The molecule has 2 nitrogen and oxygen atoms in total. The van der Waals surface area contributed by atoms with Gasteiger partial charge in [0.2, 0.25) is 10.2 Å². The third-order valence-electron chi connectivity index (χ3n) is 1.92. The number of thioether (sulfide) groups is 2. The molecule has 16 heavy (non-hydrogen) atoms. The number of rotatable bonds is 4. The lowest BCUT2D eigenvalue weighted by molar-refractivity contribution is 0.106. The predicted molar refractivity (Wildman–Crippen MR) is 71.4 cm³/mol. The van der Waals surface area contributed by atoms with Gasteiger partial charge >= 0.3 is 0 Å². The van der Waals surface area contributed by atoms with Gasteiger partial charge in [-0.3, -0.25) is 9.59 Å². The fourth-order valence-electron chi connectivity index (χ4n) is 1.26. The average molecular weight is 254 g/mol. The van der Waals surface area contributed by atoms with Gasteiger partial charge in [-0.1, -0.05) is 49.5 Å². The highest BCUT2D eigenvalue weighted by Gasteiger charge is 2.15. The standard InChI is InChI=1S/C12H14O2S2/c1-3-15-11(13)9-7-5-6-8-10(9)12(14)16-4-2/h5-8H,3-4H2,1-2H3. The van der Waals surface area contributed by atoms with Crippen molar-refractivity contribution in [3.8, 4) is 0 Å². The average Bonchev–Trinajstić information content (AvgIpc) is 2.30. The molecule has 0 spiro atoms. The van der Waals surface area contributed by atoms with Gasteiger partial charge in [-0.25, -0.2) is 0 Å². The van der Waals surface area contributed by atoms with E-state index >= 15 is 0 Å². The van der Waals surface area contributed by atoms with Crippen molar-refractivity contribution in [1.82, 2.24) is 0 Å². The summed E-state index contributed by atoms with van der Waals surface area (Å²) in [6.45, 7) is 3.85. The van der Waals surface area contributed by atoms with E-state index in [1.807, 2.05) is 13.8 Å². The highest BCUT2D eigenvalue weighted by molar-refractivity contribution is 8.14. The molecule has 0 bridgehead atoms. The van der Waals surface area contributed by atoms with E-state index in [9.17, 15) is 9.59 Å². The maximum absolute atomic E-state index is 11.8. The normalized spacial score (nSPS) is 10.1. The summed E-state index contributed by atoms with van der Waals surface area (Å²) >= 11 is 2.47. The van der Waals surface area contributed by atoms with Gasteiger partial charge in [-0.15, -0.1) is 0 Å². The van der Waals surface area contributed by atoms with Crippen LogP contribution in [0.2, 0.25) is 0 Å². The second-order valence-electron chi connectivity index (χ2n) is 2.99. The van der Waals surface area contributed by atoms with Crippen molar-refractivity contribution >= 4 is 33.8 Å². The van der Waals surface area contributed by atoms with Crippen molar-refractivity contribution in [3.63, 3.8) is 0 Å². The van der Waals surface area contributed by atoms with E-state index in [4.69, 9.17) is 0 Å². The van der Waals surface area contributed by atoms with E-state index in [0.717, 1.165) is 11.5 Å². The lowest BCUT2D eigenvalue weighted by Gasteiger charge is -2.05. The monoisotopic (exact) mass is 254 g/mol. The summed E-state index contributed by atoms with van der Waals surface area (Å²) in [5, 5.41) is -0.0497. The van der Waals surface area contributed by atoms with Gasteiger partial charge in [0, 0.05) is 11.1 Å². The minimum atomic E-state index is -0.0249. The minimum absolute atomic E-state index is 0.0249. The number of hydrogen-bond donors (Lipinski definition) is 0. The van der Waals surface area contributed by atoms with Crippen LogP contribution in [0.15, 0.2) is 24.3 Å². The summed E-state index contributed by atoms with van der Waals surface area (Å²) in [5.41, 5.74) is 1.06. The number of carbonyl (C=O) groups excluding carboxylic acids is 2. The zero-order chi connectivity index (χ0) is 12.0. The maximum Gasteiger partial charge on any atom is 0.220 e. The maximum atomic E-state index is 11.8. The Hall–Kier alpha value is -0.740. The molecule has 1 aromatic carbocycles. The minimum Gasteiger partial charge on any atom is -0.282 e. The predicted octanol–water partition coefficient (Wildman–Crippen LogP) is 3.47. The Labute approximate surface area is 104 Å².